The summed E-state index contributed by atoms with van der Waals surface area (Å²) in [5.41, 5.74) is 1.51. The lowest BCUT2D eigenvalue weighted by molar-refractivity contribution is -0.131. The van der Waals surface area contributed by atoms with Gasteiger partial charge in [-0.1, -0.05) is 53.7 Å². The number of carbonyl (C=O) groups is 2. The van der Waals surface area contributed by atoms with E-state index >= 15 is 0 Å². The lowest BCUT2D eigenvalue weighted by atomic mass is 9.87. The summed E-state index contributed by atoms with van der Waals surface area (Å²) in [7, 11) is 0. The molecule has 0 aromatic heterocycles. The molecule has 4 heteroatoms. The van der Waals surface area contributed by atoms with Gasteiger partial charge in [0.15, 0.2) is 0 Å². The van der Waals surface area contributed by atoms with Gasteiger partial charge >= 0.3 is 0 Å². The third-order valence-electron chi connectivity index (χ3n) is 3.44. The average Bonchev–Trinajstić information content (AvgIpc) is 2.36. The molecule has 0 aliphatic heterocycles. The average molecular weight is 304 g/mol. The Hall–Kier alpha value is -1.84. The first-order valence-corrected chi connectivity index (χ1v) is 7.63. The second-order valence-electron chi connectivity index (χ2n) is 7.76. The molecular weight excluding hydrogens is 276 g/mol. The monoisotopic (exact) mass is 304 g/mol. The first-order chi connectivity index (χ1) is 9.91. The minimum absolute atomic E-state index is 0.0799. The highest BCUT2D eigenvalue weighted by Crippen LogP contribution is 2.23. The van der Waals surface area contributed by atoms with E-state index in [1.165, 1.54) is 5.56 Å². The molecule has 0 bridgehead atoms. The third-order valence-corrected chi connectivity index (χ3v) is 3.44. The molecule has 0 aliphatic rings. The Morgan fingerprint density at radius 1 is 0.955 bits per heavy atom. The molecule has 4 nitrogen and oxygen atoms in total. The van der Waals surface area contributed by atoms with E-state index in [0.29, 0.717) is 0 Å². The third kappa shape index (κ3) is 5.17. The number of hydrogen-bond acceptors (Lipinski definition) is 2. The summed E-state index contributed by atoms with van der Waals surface area (Å²) in [5.74, 6) is -0.362. The topological polar surface area (TPSA) is 58.2 Å². The molecule has 0 saturated carbocycles. The zero-order valence-electron chi connectivity index (χ0n) is 14.7. The predicted molar refractivity (Wildman–Crippen MR) is 90.8 cm³/mol. The SMILES string of the molecule is CC(NC(=O)C(C)(C)C)C(=O)Nc1ccc(C(C)(C)C)cc1. The fourth-order valence-electron chi connectivity index (χ4n) is 1.78. The van der Waals surface area contributed by atoms with Crippen LogP contribution < -0.4 is 10.6 Å². The van der Waals surface area contributed by atoms with E-state index in [1.54, 1.807) is 6.92 Å². The fourth-order valence-corrected chi connectivity index (χ4v) is 1.78. The molecule has 1 aromatic carbocycles. The summed E-state index contributed by atoms with van der Waals surface area (Å²) in [6, 6.07) is 7.21. The molecule has 22 heavy (non-hydrogen) atoms. The van der Waals surface area contributed by atoms with Crippen LogP contribution in [-0.2, 0) is 15.0 Å². The number of hydrogen-bond donors (Lipinski definition) is 2. The zero-order valence-corrected chi connectivity index (χ0v) is 14.7. The van der Waals surface area contributed by atoms with Crippen molar-refractivity contribution in [1.82, 2.24) is 5.32 Å². The van der Waals surface area contributed by atoms with Gasteiger partial charge in [0.1, 0.15) is 6.04 Å². The zero-order chi connectivity index (χ0) is 17.1. The summed E-state index contributed by atoms with van der Waals surface area (Å²) in [5, 5.41) is 5.55. The van der Waals surface area contributed by atoms with Crippen LogP contribution in [0, 0.1) is 5.41 Å². The van der Waals surface area contributed by atoms with Gasteiger partial charge in [-0.2, -0.15) is 0 Å². The molecule has 1 atom stereocenters. The maximum absolute atomic E-state index is 12.1. The van der Waals surface area contributed by atoms with Crippen molar-refractivity contribution in [3.05, 3.63) is 29.8 Å². The molecule has 122 valence electrons. The van der Waals surface area contributed by atoms with Gasteiger partial charge in [-0.25, -0.2) is 0 Å². The predicted octanol–water partition coefficient (Wildman–Crippen LogP) is 3.47. The van der Waals surface area contributed by atoms with E-state index in [1.807, 2.05) is 45.0 Å². The maximum Gasteiger partial charge on any atom is 0.246 e. The van der Waals surface area contributed by atoms with E-state index in [2.05, 4.69) is 31.4 Å². The molecule has 1 unspecified atom stereocenters. The number of carbonyl (C=O) groups excluding carboxylic acids is 2. The first kappa shape index (κ1) is 18.2. The van der Waals surface area contributed by atoms with Crippen LogP contribution in [0.25, 0.3) is 0 Å². The minimum atomic E-state index is -0.575. The maximum atomic E-state index is 12.1. The number of nitrogens with one attached hydrogen (secondary N) is 2. The van der Waals surface area contributed by atoms with Gasteiger partial charge in [0.25, 0.3) is 0 Å². The summed E-state index contributed by atoms with van der Waals surface area (Å²) >= 11 is 0. The van der Waals surface area contributed by atoms with Crippen LogP contribution in [0.1, 0.15) is 54.0 Å². The quantitative estimate of drug-likeness (QED) is 0.898. The van der Waals surface area contributed by atoms with Crippen molar-refractivity contribution in [2.75, 3.05) is 5.32 Å². The summed E-state index contributed by atoms with van der Waals surface area (Å²) in [4.78, 5) is 24.0. The molecule has 2 N–H and O–H groups in total. The Morgan fingerprint density at radius 2 is 1.45 bits per heavy atom. The normalized spacial score (nSPS) is 13.4. The van der Waals surface area contributed by atoms with Crippen molar-refractivity contribution < 1.29 is 9.59 Å². The van der Waals surface area contributed by atoms with Gasteiger partial charge in [0, 0.05) is 11.1 Å². The van der Waals surface area contributed by atoms with Crippen molar-refractivity contribution in [1.29, 1.82) is 0 Å². The molecule has 0 radical (unpaired) electrons. The van der Waals surface area contributed by atoms with Crippen LogP contribution in [0.2, 0.25) is 0 Å². The fraction of sp³-hybridized carbons (Fsp3) is 0.556. The van der Waals surface area contributed by atoms with Crippen LogP contribution in [-0.4, -0.2) is 17.9 Å². The van der Waals surface area contributed by atoms with Gasteiger partial charge in [0.05, 0.1) is 0 Å². The molecule has 2 amide bonds. The Kier molecular flexibility index (Phi) is 5.39. The Bertz CT molecular complexity index is 534. The molecule has 0 spiro atoms. The van der Waals surface area contributed by atoms with Gasteiger partial charge in [-0.05, 0) is 30.0 Å². The second-order valence-corrected chi connectivity index (χ2v) is 7.76. The van der Waals surface area contributed by atoms with Crippen molar-refractivity contribution >= 4 is 17.5 Å². The Balaban J connectivity index is 2.67. The van der Waals surface area contributed by atoms with Crippen LogP contribution in [0.15, 0.2) is 24.3 Å². The molecule has 0 heterocycles. The molecule has 1 aromatic rings. The standard InChI is InChI=1S/C18H28N2O2/c1-12(19-16(22)18(5,6)7)15(21)20-14-10-8-13(9-11-14)17(2,3)4/h8-12H,1-7H3,(H,19,22)(H,20,21). The van der Waals surface area contributed by atoms with E-state index < -0.39 is 11.5 Å². The van der Waals surface area contributed by atoms with Gasteiger partial charge in [0.2, 0.25) is 11.8 Å². The van der Waals surface area contributed by atoms with Crippen LogP contribution >= 0.6 is 0 Å². The van der Waals surface area contributed by atoms with Crippen LogP contribution in [0.5, 0.6) is 0 Å². The number of rotatable bonds is 3. The number of amides is 2. The lowest BCUT2D eigenvalue weighted by Gasteiger charge is -2.22. The van der Waals surface area contributed by atoms with Crippen molar-refractivity contribution in [2.45, 2.75) is 59.9 Å². The summed E-state index contributed by atoms with van der Waals surface area (Å²) in [6.45, 7) is 13.6. The number of anilines is 1. The van der Waals surface area contributed by atoms with Crippen LogP contribution in [0.3, 0.4) is 0 Å². The minimum Gasteiger partial charge on any atom is -0.344 e. The van der Waals surface area contributed by atoms with Gasteiger partial charge < -0.3 is 10.6 Å². The second kappa shape index (κ2) is 6.51. The summed E-state index contributed by atoms with van der Waals surface area (Å²) in [6.07, 6.45) is 0. The highest BCUT2D eigenvalue weighted by Gasteiger charge is 2.25. The van der Waals surface area contributed by atoms with Crippen molar-refractivity contribution in [3.8, 4) is 0 Å². The molecule has 0 fully saturated rings. The lowest BCUT2D eigenvalue weighted by Crippen LogP contribution is -2.46. The summed E-state index contributed by atoms with van der Waals surface area (Å²) < 4.78 is 0. The van der Waals surface area contributed by atoms with Crippen molar-refractivity contribution in [2.24, 2.45) is 5.41 Å². The van der Waals surface area contributed by atoms with Gasteiger partial charge in [-0.15, -0.1) is 0 Å². The van der Waals surface area contributed by atoms with E-state index in [0.717, 1.165) is 5.69 Å². The molecule has 1 rings (SSSR count). The highest BCUT2D eigenvalue weighted by molar-refractivity contribution is 5.97. The van der Waals surface area contributed by atoms with Crippen molar-refractivity contribution in [3.63, 3.8) is 0 Å². The van der Waals surface area contributed by atoms with Gasteiger partial charge in [-0.3, -0.25) is 9.59 Å². The highest BCUT2D eigenvalue weighted by atomic mass is 16.2. The van der Waals surface area contributed by atoms with E-state index in [-0.39, 0.29) is 17.2 Å². The first-order valence-electron chi connectivity index (χ1n) is 7.63. The van der Waals surface area contributed by atoms with E-state index in [9.17, 15) is 9.59 Å². The molecule has 0 saturated heterocycles. The van der Waals surface area contributed by atoms with E-state index in [4.69, 9.17) is 0 Å². The van der Waals surface area contributed by atoms with Crippen LogP contribution in [0.4, 0.5) is 5.69 Å². The Labute approximate surface area is 133 Å². The largest absolute Gasteiger partial charge is 0.344 e. The molecule has 0 aliphatic carbocycles. The smallest absolute Gasteiger partial charge is 0.246 e. The number of benzene rings is 1. The Morgan fingerprint density at radius 3 is 1.86 bits per heavy atom. The molecular formula is C18H28N2O2.